The van der Waals surface area contributed by atoms with E-state index in [9.17, 15) is 14.3 Å². The molecule has 1 unspecified atom stereocenters. The lowest BCUT2D eigenvalue weighted by Gasteiger charge is -2.11. The van der Waals surface area contributed by atoms with Gasteiger partial charge in [0.25, 0.3) is 0 Å². The third-order valence-electron chi connectivity index (χ3n) is 2.50. The van der Waals surface area contributed by atoms with E-state index < -0.39 is 13.3 Å². The van der Waals surface area contributed by atoms with Crippen molar-refractivity contribution < 1.29 is 19.4 Å². The van der Waals surface area contributed by atoms with E-state index in [4.69, 9.17) is 5.11 Å². The standard InChI is InChI=1S/C12H17O4P/c1-2-10-4-3-5-11(8-10)9-17(15,16)7-6-12(13)14/h3-5,8H,2,6-7,9H2,1H3,(H,13,14)(H,15,16). The van der Waals surface area contributed by atoms with E-state index in [0.29, 0.717) is 0 Å². The fraction of sp³-hybridized carbons (Fsp3) is 0.417. The molecule has 17 heavy (non-hydrogen) atoms. The lowest BCUT2D eigenvalue weighted by Crippen LogP contribution is -2.01. The molecule has 1 atom stereocenters. The van der Waals surface area contributed by atoms with Crippen LogP contribution < -0.4 is 0 Å². The van der Waals surface area contributed by atoms with Gasteiger partial charge in [0.2, 0.25) is 7.37 Å². The van der Waals surface area contributed by atoms with Crippen LogP contribution in [0.1, 0.15) is 24.5 Å². The highest BCUT2D eigenvalue weighted by atomic mass is 31.2. The van der Waals surface area contributed by atoms with E-state index >= 15 is 0 Å². The lowest BCUT2D eigenvalue weighted by atomic mass is 10.1. The van der Waals surface area contributed by atoms with Gasteiger partial charge >= 0.3 is 5.97 Å². The summed E-state index contributed by atoms with van der Waals surface area (Å²) in [5, 5.41) is 8.49. The highest BCUT2D eigenvalue weighted by molar-refractivity contribution is 7.57. The third kappa shape index (κ3) is 5.16. The second-order valence-corrected chi connectivity index (χ2v) is 6.50. The first kappa shape index (κ1) is 13.9. The quantitative estimate of drug-likeness (QED) is 0.767. The van der Waals surface area contributed by atoms with Crippen LogP contribution in [0.25, 0.3) is 0 Å². The van der Waals surface area contributed by atoms with Crippen molar-refractivity contribution >= 4 is 13.3 Å². The van der Waals surface area contributed by atoms with E-state index in [1.165, 1.54) is 0 Å². The molecule has 0 aliphatic heterocycles. The molecular weight excluding hydrogens is 239 g/mol. The Morgan fingerprint density at radius 2 is 2.00 bits per heavy atom. The number of carboxylic acid groups (broad SMARTS) is 1. The van der Waals surface area contributed by atoms with E-state index in [0.717, 1.165) is 17.5 Å². The van der Waals surface area contributed by atoms with Gasteiger partial charge in [-0.1, -0.05) is 31.2 Å². The summed E-state index contributed by atoms with van der Waals surface area (Å²) in [6.07, 6.45) is 0.493. The van der Waals surface area contributed by atoms with Gasteiger partial charge in [0.15, 0.2) is 0 Å². The van der Waals surface area contributed by atoms with Crippen LogP contribution in [0.3, 0.4) is 0 Å². The van der Waals surface area contributed by atoms with Crippen LogP contribution in [0.15, 0.2) is 24.3 Å². The molecule has 0 saturated heterocycles. The van der Waals surface area contributed by atoms with Crippen LogP contribution >= 0.6 is 7.37 Å². The molecule has 0 aromatic heterocycles. The zero-order chi connectivity index (χ0) is 12.9. The molecule has 1 aromatic rings. The van der Waals surface area contributed by atoms with Crippen LogP contribution in [-0.4, -0.2) is 22.1 Å². The summed E-state index contributed by atoms with van der Waals surface area (Å²) in [7, 11) is -3.38. The normalized spacial score (nSPS) is 14.2. The summed E-state index contributed by atoms with van der Waals surface area (Å²) in [6, 6.07) is 7.50. The number of benzene rings is 1. The highest BCUT2D eigenvalue weighted by Crippen LogP contribution is 2.44. The van der Waals surface area contributed by atoms with Gasteiger partial charge in [0.05, 0.1) is 6.42 Å². The second kappa shape index (κ2) is 5.99. The molecule has 0 spiro atoms. The maximum absolute atomic E-state index is 11.8. The molecule has 1 rings (SSSR count). The van der Waals surface area contributed by atoms with Crippen molar-refractivity contribution in [1.82, 2.24) is 0 Å². The number of hydrogen-bond donors (Lipinski definition) is 2. The molecular formula is C12H17O4P. The SMILES string of the molecule is CCc1cccc(CP(=O)(O)CCC(=O)O)c1. The van der Waals surface area contributed by atoms with Gasteiger partial charge in [-0.05, 0) is 17.5 Å². The van der Waals surface area contributed by atoms with Gasteiger partial charge in [-0.25, -0.2) is 0 Å². The van der Waals surface area contributed by atoms with Crippen LogP contribution in [0.2, 0.25) is 0 Å². The van der Waals surface area contributed by atoms with Crippen LogP contribution in [0, 0.1) is 0 Å². The highest BCUT2D eigenvalue weighted by Gasteiger charge is 2.20. The van der Waals surface area contributed by atoms with E-state index in [1.807, 2.05) is 25.1 Å². The number of carboxylic acids is 1. The van der Waals surface area contributed by atoms with Gasteiger partial charge in [-0.3, -0.25) is 9.36 Å². The molecule has 94 valence electrons. The first-order valence-electron chi connectivity index (χ1n) is 5.53. The molecule has 0 heterocycles. The van der Waals surface area contributed by atoms with Crippen molar-refractivity contribution in [2.24, 2.45) is 0 Å². The molecule has 0 radical (unpaired) electrons. The monoisotopic (exact) mass is 256 g/mol. The van der Waals surface area contributed by atoms with Gasteiger partial charge < -0.3 is 10.00 Å². The molecule has 0 aliphatic rings. The Balaban J connectivity index is 2.68. The molecule has 4 nitrogen and oxygen atoms in total. The zero-order valence-electron chi connectivity index (χ0n) is 9.80. The predicted octanol–water partition coefficient (Wildman–Crippen LogP) is 2.49. The fourth-order valence-corrected chi connectivity index (χ4v) is 3.05. The minimum absolute atomic E-state index is 0.0497. The minimum Gasteiger partial charge on any atom is -0.481 e. The lowest BCUT2D eigenvalue weighted by molar-refractivity contribution is -0.136. The topological polar surface area (TPSA) is 74.6 Å². The summed E-state index contributed by atoms with van der Waals surface area (Å²) >= 11 is 0. The van der Waals surface area contributed by atoms with Crippen LogP contribution in [-0.2, 0) is 21.9 Å². The minimum atomic E-state index is -3.38. The first-order valence-corrected chi connectivity index (χ1v) is 7.56. The van der Waals surface area contributed by atoms with E-state index in [2.05, 4.69) is 0 Å². The maximum atomic E-state index is 11.8. The smallest absolute Gasteiger partial charge is 0.303 e. The van der Waals surface area contributed by atoms with Gasteiger partial charge in [0, 0.05) is 12.3 Å². The molecule has 5 heteroatoms. The predicted molar refractivity (Wildman–Crippen MR) is 66.5 cm³/mol. The molecule has 0 saturated carbocycles. The van der Waals surface area contributed by atoms with Gasteiger partial charge in [-0.15, -0.1) is 0 Å². The average Bonchev–Trinajstić information content (AvgIpc) is 2.26. The summed E-state index contributed by atoms with van der Waals surface area (Å²) < 4.78 is 11.8. The van der Waals surface area contributed by atoms with Gasteiger partial charge in [-0.2, -0.15) is 0 Å². The Kier molecular flexibility index (Phi) is 4.91. The summed E-state index contributed by atoms with van der Waals surface area (Å²) in [5.41, 5.74) is 1.90. The number of aryl methyl sites for hydroxylation is 1. The number of carbonyl (C=O) groups is 1. The molecule has 0 aliphatic carbocycles. The molecule has 0 amide bonds. The number of aliphatic carboxylic acids is 1. The molecule has 2 N–H and O–H groups in total. The Labute approximate surface area is 101 Å². The van der Waals surface area contributed by atoms with Crippen molar-refractivity contribution in [1.29, 1.82) is 0 Å². The third-order valence-corrected chi connectivity index (χ3v) is 4.29. The molecule has 0 fully saturated rings. The fourth-order valence-electron chi connectivity index (χ4n) is 1.58. The largest absolute Gasteiger partial charge is 0.481 e. The number of rotatable bonds is 6. The van der Waals surface area contributed by atoms with Crippen molar-refractivity contribution in [2.45, 2.75) is 25.9 Å². The van der Waals surface area contributed by atoms with E-state index in [1.54, 1.807) is 6.07 Å². The summed E-state index contributed by atoms with van der Waals surface area (Å²) in [6.45, 7) is 2.02. The van der Waals surface area contributed by atoms with Crippen LogP contribution in [0.5, 0.6) is 0 Å². The Morgan fingerprint density at radius 3 is 2.59 bits per heavy atom. The van der Waals surface area contributed by atoms with Crippen LogP contribution in [0.4, 0.5) is 0 Å². The Hall–Kier alpha value is -1.12. The maximum Gasteiger partial charge on any atom is 0.303 e. The molecule has 1 aromatic carbocycles. The first-order chi connectivity index (χ1) is 7.93. The summed E-state index contributed by atoms with van der Waals surface area (Å²) in [4.78, 5) is 20.0. The second-order valence-electron chi connectivity index (χ2n) is 4.05. The average molecular weight is 256 g/mol. The van der Waals surface area contributed by atoms with Crippen molar-refractivity contribution in [2.75, 3.05) is 6.16 Å². The van der Waals surface area contributed by atoms with Gasteiger partial charge in [0.1, 0.15) is 0 Å². The van der Waals surface area contributed by atoms with E-state index in [-0.39, 0.29) is 18.7 Å². The summed E-state index contributed by atoms with van der Waals surface area (Å²) in [5.74, 6) is -1.04. The van der Waals surface area contributed by atoms with Crippen molar-refractivity contribution in [3.8, 4) is 0 Å². The Bertz CT molecular complexity index is 442. The number of hydrogen-bond acceptors (Lipinski definition) is 2. The van der Waals surface area contributed by atoms with Crippen molar-refractivity contribution in [3.63, 3.8) is 0 Å². The Morgan fingerprint density at radius 1 is 1.35 bits per heavy atom. The zero-order valence-corrected chi connectivity index (χ0v) is 10.7. The molecule has 0 bridgehead atoms. The van der Waals surface area contributed by atoms with Crippen molar-refractivity contribution in [3.05, 3.63) is 35.4 Å².